The Balaban J connectivity index is 2.03. The van der Waals surface area contributed by atoms with Crippen molar-refractivity contribution in [2.24, 2.45) is 23.7 Å². The fraction of sp³-hybridized carbons (Fsp3) is 0.909. The SMILES string of the molecule is C[C@H]1C[C@H]2CC[C@H](C2)C1CC(=O)Cl. The molecule has 2 aliphatic carbocycles. The highest BCUT2D eigenvalue weighted by Gasteiger charge is 2.40. The maximum atomic E-state index is 10.9. The van der Waals surface area contributed by atoms with Gasteiger partial charge in [-0.05, 0) is 54.5 Å². The zero-order chi connectivity index (χ0) is 9.42. The average molecular weight is 201 g/mol. The normalized spacial score (nSPS) is 43.5. The molecule has 0 N–H and O–H groups in total. The third-order valence-corrected chi connectivity index (χ3v) is 4.17. The molecule has 2 fully saturated rings. The van der Waals surface area contributed by atoms with E-state index in [1.54, 1.807) is 0 Å². The molecule has 0 aromatic rings. The quantitative estimate of drug-likeness (QED) is 0.626. The van der Waals surface area contributed by atoms with Crippen molar-refractivity contribution in [3.8, 4) is 0 Å². The Morgan fingerprint density at radius 2 is 2.15 bits per heavy atom. The van der Waals surface area contributed by atoms with Gasteiger partial charge in [-0.15, -0.1) is 0 Å². The fourth-order valence-corrected chi connectivity index (χ4v) is 3.61. The largest absolute Gasteiger partial charge is 0.281 e. The molecule has 2 rings (SSSR count). The Labute approximate surface area is 84.8 Å². The number of carbonyl (C=O) groups is 1. The number of fused-ring (bicyclic) bond motifs is 2. The van der Waals surface area contributed by atoms with Crippen LogP contribution in [-0.4, -0.2) is 5.24 Å². The topological polar surface area (TPSA) is 17.1 Å². The van der Waals surface area contributed by atoms with E-state index in [1.807, 2.05) is 0 Å². The zero-order valence-corrected chi connectivity index (χ0v) is 8.89. The monoisotopic (exact) mass is 200 g/mol. The Morgan fingerprint density at radius 3 is 2.85 bits per heavy atom. The van der Waals surface area contributed by atoms with Gasteiger partial charge in [0.25, 0.3) is 0 Å². The van der Waals surface area contributed by atoms with Gasteiger partial charge in [-0.25, -0.2) is 0 Å². The van der Waals surface area contributed by atoms with Crippen LogP contribution in [-0.2, 0) is 4.79 Å². The summed E-state index contributed by atoms with van der Waals surface area (Å²) < 4.78 is 0. The smallest absolute Gasteiger partial charge is 0.221 e. The van der Waals surface area contributed by atoms with Gasteiger partial charge in [-0.1, -0.05) is 13.3 Å². The van der Waals surface area contributed by atoms with Crippen LogP contribution >= 0.6 is 11.6 Å². The van der Waals surface area contributed by atoms with E-state index in [0.717, 1.165) is 11.8 Å². The molecule has 2 bridgehead atoms. The second kappa shape index (κ2) is 3.61. The zero-order valence-electron chi connectivity index (χ0n) is 8.13. The minimum atomic E-state index is -0.137. The van der Waals surface area contributed by atoms with Crippen LogP contribution in [0.5, 0.6) is 0 Å². The molecule has 0 saturated heterocycles. The van der Waals surface area contributed by atoms with E-state index < -0.39 is 0 Å². The van der Waals surface area contributed by atoms with Crippen molar-refractivity contribution in [1.82, 2.24) is 0 Å². The molecule has 2 aliphatic rings. The summed E-state index contributed by atoms with van der Waals surface area (Å²) >= 11 is 5.47. The lowest BCUT2D eigenvalue weighted by molar-refractivity contribution is -0.113. The Hall–Kier alpha value is -0.0400. The highest BCUT2D eigenvalue weighted by molar-refractivity contribution is 6.63. The van der Waals surface area contributed by atoms with Gasteiger partial charge in [0.05, 0.1) is 0 Å². The maximum absolute atomic E-state index is 10.9. The van der Waals surface area contributed by atoms with Gasteiger partial charge in [-0.3, -0.25) is 4.79 Å². The summed E-state index contributed by atoms with van der Waals surface area (Å²) in [5.41, 5.74) is 0. The summed E-state index contributed by atoms with van der Waals surface area (Å²) in [6, 6.07) is 0. The summed E-state index contributed by atoms with van der Waals surface area (Å²) in [5.74, 6) is 3.07. The Morgan fingerprint density at radius 1 is 1.38 bits per heavy atom. The average Bonchev–Trinajstić information content (AvgIpc) is 2.42. The first-order valence-electron chi connectivity index (χ1n) is 5.35. The molecular formula is C11H17ClO. The summed E-state index contributed by atoms with van der Waals surface area (Å²) in [6.45, 7) is 2.29. The molecule has 0 amide bonds. The number of hydrogen-bond acceptors (Lipinski definition) is 1. The molecule has 13 heavy (non-hydrogen) atoms. The molecule has 74 valence electrons. The molecule has 0 aromatic heterocycles. The first-order chi connectivity index (χ1) is 6.16. The molecule has 0 radical (unpaired) electrons. The van der Waals surface area contributed by atoms with Crippen LogP contribution < -0.4 is 0 Å². The Kier molecular flexibility index (Phi) is 2.64. The van der Waals surface area contributed by atoms with E-state index in [-0.39, 0.29) is 5.24 Å². The fourth-order valence-electron chi connectivity index (χ4n) is 3.43. The van der Waals surface area contributed by atoms with E-state index in [1.165, 1.54) is 25.7 Å². The molecule has 1 unspecified atom stereocenters. The second-order valence-corrected chi connectivity index (χ2v) is 5.30. The van der Waals surface area contributed by atoms with Crippen molar-refractivity contribution in [3.63, 3.8) is 0 Å². The summed E-state index contributed by atoms with van der Waals surface area (Å²) in [6.07, 6.45) is 6.02. The maximum Gasteiger partial charge on any atom is 0.221 e. The van der Waals surface area contributed by atoms with Gasteiger partial charge in [0.1, 0.15) is 0 Å². The van der Waals surface area contributed by atoms with Crippen molar-refractivity contribution in [2.45, 2.75) is 39.0 Å². The number of halogens is 1. The van der Waals surface area contributed by atoms with Crippen LogP contribution in [0.3, 0.4) is 0 Å². The van der Waals surface area contributed by atoms with Crippen LogP contribution in [0.1, 0.15) is 39.0 Å². The van der Waals surface area contributed by atoms with Crippen molar-refractivity contribution >= 4 is 16.8 Å². The molecule has 0 aromatic carbocycles. The first kappa shape index (κ1) is 9.51. The molecule has 0 aliphatic heterocycles. The van der Waals surface area contributed by atoms with Crippen molar-refractivity contribution in [3.05, 3.63) is 0 Å². The first-order valence-corrected chi connectivity index (χ1v) is 5.73. The molecule has 2 saturated carbocycles. The summed E-state index contributed by atoms with van der Waals surface area (Å²) in [4.78, 5) is 10.9. The molecule has 4 atom stereocenters. The molecule has 2 heteroatoms. The summed E-state index contributed by atoms with van der Waals surface area (Å²) in [5, 5.41) is -0.137. The summed E-state index contributed by atoms with van der Waals surface area (Å²) in [7, 11) is 0. The highest BCUT2D eigenvalue weighted by Crippen LogP contribution is 2.49. The van der Waals surface area contributed by atoms with Crippen molar-refractivity contribution < 1.29 is 4.79 Å². The standard InChI is InChI=1S/C11H17ClO/c1-7-4-8-2-3-9(5-8)10(7)6-11(12)13/h7-10H,2-6H2,1H3/t7-,8+,9+,10?/m0/s1. The third kappa shape index (κ3) is 1.90. The number of hydrogen-bond donors (Lipinski definition) is 0. The van der Waals surface area contributed by atoms with Crippen molar-refractivity contribution in [1.29, 1.82) is 0 Å². The lowest BCUT2D eigenvalue weighted by Gasteiger charge is -2.33. The lowest BCUT2D eigenvalue weighted by atomic mass is 9.72. The second-order valence-electron chi connectivity index (χ2n) is 4.88. The van der Waals surface area contributed by atoms with Crippen molar-refractivity contribution in [2.75, 3.05) is 0 Å². The van der Waals surface area contributed by atoms with E-state index in [9.17, 15) is 4.79 Å². The van der Waals surface area contributed by atoms with Gasteiger partial charge < -0.3 is 0 Å². The van der Waals surface area contributed by atoms with Gasteiger partial charge in [-0.2, -0.15) is 0 Å². The van der Waals surface area contributed by atoms with Gasteiger partial charge in [0.15, 0.2) is 0 Å². The van der Waals surface area contributed by atoms with Crippen LogP contribution in [0.4, 0.5) is 0 Å². The Bertz CT molecular complexity index is 214. The van der Waals surface area contributed by atoms with Crippen LogP contribution in [0, 0.1) is 23.7 Å². The van der Waals surface area contributed by atoms with Crippen LogP contribution in [0.2, 0.25) is 0 Å². The van der Waals surface area contributed by atoms with E-state index in [0.29, 0.717) is 18.3 Å². The molecule has 0 heterocycles. The molecule has 1 nitrogen and oxygen atoms in total. The molecule has 0 spiro atoms. The number of rotatable bonds is 2. The predicted molar refractivity (Wildman–Crippen MR) is 53.6 cm³/mol. The minimum absolute atomic E-state index is 0.137. The van der Waals surface area contributed by atoms with Crippen LogP contribution in [0.15, 0.2) is 0 Å². The van der Waals surface area contributed by atoms with Gasteiger partial charge >= 0.3 is 0 Å². The molecular weight excluding hydrogens is 184 g/mol. The predicted octanol–water partition coefficient (Wildman–Crippen LogP) is 3.21. The lowest BCUT2D eigenvalue weighted by Crippen LogP contribution is -2.27. The van der Waals surface area contributed by atoms with Gasteiger partial charge in [0, 0.05) is 6.42 Å². The number of carbonyl (C=O) groups excluding carboxylic acids is 1. The van der Waals surface area contributed by atoms with E-state index >= 15 is 0 Å². The van der Waals surface area contributed by atoms with Gasteiger partial charge in [0.2, 0.25) is 5.24 Å². The highest BCUT2D eigenvalue weighted by atomic mass is 35.5. The van der Waals surface area contributed by atoms with E-state index in [4.69, 9.17) is 11.6 Å². The van der Waals surface area contributed by atoms with Crippen LogP contribution in [0.25, 0.3) is 0 Å². The third-order valence-electron chi connectivity index (χ3n) is 4.02. The minimum Gasteiger partial charge on any atom is -0.281 e. The van der Waals surface area contributed by atoms with E-state index in [2.05, 4.69) is 6.92 Å².